The fraction of sp³-hybridized carbons (Fsp3) is 0.458. The van der Waals surface area contributed by atoms with E-state index in [9.17, 15) is 19.2 Å². The van der Waals surface area contributed by atoms with Crippen LogP contribution in [0.3, 0.4) is 0 Å². The zero-order chi connectivity index (χ0) is 54.4. The van der Waals surface area contributed by atoms with Crippen LogP contribution in [0.4, 0.5) is 32.9 Å². The molecule has 402 valence electrons. The van der Waals surface area contributed by atoms with E-state index in [0.29, 0.717) is 35.1 Å². The second-order valence-corrected chi connectivity index (χ2v) is 22.5. The summed E-state index contributed by atoms with van der Waals surface area (Å²) in [6.45, 7) is 19.5. The number of nitrogens with zero attached hydrogens (tertiary/aromatic N) is 2. The highest BCUT2D eigenvalue weighted by atomic mass is 16.6. The summed E-state index contributed by atoms with van der Waals surface area (Å²) < 4.78 is 10.9. The van der Waals surface area contributed by atoms with Crippen LogP contribution in [0.5, 0.6) is 0 Å². The van der Waals surface area contributed by atoms with Gasteiger partial charge in [0.1, 0.15) is 34.5 Å². The molecule has 2 fully saturated rings. The van der Waals surface area contributed by atoms with Crippen molar-refractivity contribution >= 4 is 47.3 Å². The van der Waals surface area contributed by atoms with Crippen molar-refractivity contribution in [1.82, 2.24) is 31.2 Å². The molecule has 2 aromatic heterocycles. The van der Waals surface area contributed by atoms with Gasteiger partial charge >= 0.3 is 12.2 Å². The van der Waals surface area contributed by atoms with E-state index in [1.807, 2.05) is 166 Å². The third-order valence-corrected chi connectivity index (χ3v) is 13.1. The minimum Gasteiger partial charge on any atom is -0.444 e. The van der Waals surface area contributed by atoms with E-state index in [1.165, 1.54) is 0 Å². The van der Waals surface area contributed by atoms with Gasteiger partial charge in [0.25, 0.3) is 11.8 Å². The summed E-state index contributed by atoms with van der Waals surface area (Å²) in [5, 5.41) is 22.5. The molecule has 2 unspecified atom stereocenters. The van der Waals surface area contributed by atoms with Gasteiger partial charge in [-0.3, -0.25) is 9.59 Å². The number of hydrogen-bond acceptors (Lipinski definition) is 12. The summed E-state index contributed by atoms with van der Waals surface area (Å²) in [5.41, 5.74) is 7.78. The highest BCUT2D eigenvalue weighted by Crippen LogP contribution is 2.28. The van der Waals surface area contributed by atoms with Gasteiger partial charge in [0.05, 0.1) is 34.3 Å². The first kappa shape index (κ1) is 56.9. The highest BCUT2D eigenvalue weighted by molar-refractivity contribution is 6.00. The molecule has 16 heteroatoms. The van der Waals surface area contributed by atoms with Crippen molar-refractivity contribution in [2.45, 2.75) is 174 Å². The van der Waals surface area contributed by atoms with Crippen LogP contribution >= 0.6 is 0 Å². The predicted molar refractivity (Wildman–Crippen MR) is 299 cm³/mol. The normalized spacial score (nSPS) is 17.9. The minimum atomic E-state index is -0.575. The van der Waals surface area contributed by atoms with Crippen molar-refractivity contribution in [3.05, 3.63) is 143 Å². The van der Waals surface area contributed by atoms with E-state index in [4.69, 9.17) is 20.2 Å². The van der Waals surface area contributed by atoms with E-state index >= 15 is 0 Å². The molecular weight excluding hydrogens is 945 g/mol. The lowest BCUT2D eigenvalue weighted by atomic mass is 9.90. The molecule has 0 radical (unpaired) electrons. The Morgan fingerprint density at radius 2 is 0.893 bits per heavy atom. The molecule has 75 heavy (non-hydrogen) atoms. The lowest BCUT2D eigenvalue weighted by Gasteiger charge is -2.34. The average Bonchev–Trinajstić information content (AvgIpc) is 3.34. The van der Waals surface area contributed by atoms with Crippen molar-refractivity contribution in [3.63, 3.8) is 0 Å². The van der Waals surface area contributed by atoms with Crippen molar-refractivity contribution < 1.29 is 28.7 Å². The number of nitrogen functional groups attached to an aromatic ring is 1. The van der Waals surface area contributed by atoms with Crippen LogP contribution in [0.1, 0.15) is 158 Å². The minimum absolute atomic E-state index is 0.00939. The number of pyridine rings is 2. The van der Waals surface area contributed by atoms with Crippen LogP contribution in [0.15, 0.2) is 115 Å². The quantitative estimate of drug-likeness (QED) is 0.0491. The molecule has 7 rings (SSSR count). The van der Waals surface area contributed by atoms with Crippen molar-refractivity contribution in [1.29, 1.82) is 0 Å². The van der Waals surface area contributed by atoms with Gasteiger partial charge in [-0.15, -0.1) is 0 Å². The molecule has 16 nitrogen and oxygen atoms in total. The molecule has 4 amide bonds. The van der Waals surface area contributed by atoms with E-state index in [-0.39, 0.29) is 41.8 Å². The Labute approximate surface area is 443 Å². The van der Waals surface area contributed by atoms with Crippen LogP contribution in [0.2, 0.25) is 0 Å². The summed E-state index contributed by atoms with van der Waals surface area (Å²) in [4.78, 5) is 60.6. The number of rotatable bonds is 15. The third-order valence-electron chi connectivity index (χ3n) is 13.1. The Bertz CT molecular complexity index is 2670. The number of nitrogens with one attached hydrogen (secondary N) is 7. The van der Waals surface area contributed by atoms with E-state index in [0.717, 1.165) is 68.1 Å². The molecule has 0 aliphatic heterocycles. The molecule has 2 heterocycles. The number of carbonyl (C=O) groups is 4. The lowest BCUT2D eigenvalue weighted by molar-refractivity contribution is 0.0477. The predicted octanol–water partition coefficient (Wildman–Crippen LogP) is 11.2. The maximum Gasteiger partial charge on any atom is 0.407 e. The van der Waals surface area contributed by atoms with Crippen molar-refractivity contribution in [3.8, 4) is 0 Å². The number of carbonyl (C=O) groups excluding carboxylic acids is 4. The van der Waals surface area contributed by atoms with Gasteiger partial charge in [0.15, 0.2) is 0 Å². The molecule has 0 bridgehead atoms. The number of hydrogen-bond donors (Lipinski definition) is 8. The number of ether oxygens (including phenoxy) is 2. The molecule has 0 spiro atoms. The zero-order valence-electron chi connectivity index (χ0n) is 45.6. The first-order chi connectivity index (χ1) is 35.4. The Hall–Kier alpha value is -7.36. The largest absolute Gasteiger partial charge is 0.444 e. The highest BCUT2D eigenvalue weighted by Gasteiger charge is 2.32. The third kappa shape index (κ3) is 17.6. The molecule has 0 saturated heterocycles. The summed E-state index contributed by atoms with van der Waals surface area (Å²) in [6, 6.07) is 36.6. The number of nitrogens with two attached hydrogens (primary N) is 1. The first-order valence-electron chi connectivity index (χ1n) is 26.3. The number of aromatic nitrogens is 2. The van der Waals surface area contributed by atoms with E-state index in [1.54, 1.807) is 18.2 Å². The number of alkyl carbamates (subject to hydrolysis) is 2. The fourth-order valence-electron chi connectivity index (χ4n) is 9.19. The topological polar surface area (TPSA) is 223 Å². The van der Waals surface area contributed by atoms with Crippen LogP contribution < -0.4 is 43.0 Å². The van der Waals surface area contributed by atoms with Gasteiger partial charge in [-0.1, -0.05) is 117 Å². The molecule has 3 aromatic carbocycles. The van der Waals surface area contributed by atoms with E-state index < -0.39 is 34.5 Å². The number of anilines is 4. The van der Waals surface area contributed by atoms with Crippen LogP contribution in [0, 0.1) is 0 Å². The first-order valence-corrected chi connectivity index (χ1v) is 26.3. The Morgan fingerprint density at radius 1 is 0.507 bits per heavy atom. The summed E-state index contributed by atoms with van der Waals surface area (Å²) in [6.07, 6.45) is 6.81. The molecule has 2 saturated carbocycles. The molecule has 9 N–H and O–H groups in total. The Morgan fingerprint density at radius 3 is 1.32 bits per heavy atom. The van der Waals surface area contributed by atoms with E-state index in [2.05, 4.69) is 42.2 Å². The Kier molecular flexibility index (Phi) is 19.2. The number of amides is 4. The van der Waals surface area contributed by atoms with Gasteiger partial charge in [-0.2, -0.15) is 0 Å². The molecule has 2 aliphatic carbocycles. The van der Waals surface area contributed by atoms with Crippen LogP contribution in [-0.4, -0.2) is 69.3 Å². The lowest BCUT2D eigenvalue weighted by Crippen LogP contribution is -2.49. The molecular formula is C59H80N10O6. The number of benzene rings is 3. The summed E-state index contributed by atoms with van der Waals surface area (Å²) >= 11 is 0. The molecule has 2 aliphatic rings. The standard InChI is InChI=1S/C33H43N5O3.C26H37N5O3/c1-32(2,3)41-31(40)36-27-19-13-12-18-26(27)35-28-21-20-25(29(37-28)34-22-23-14-8-6-9-15-23)30(39)38-33(4,5)24-16-10-7-11-17-24;1-25(2,3)34-24(33)29-20-14-10-9-13-19(20)28-21-16-15-18(22(27)30-21)23(32)31-26(4,5)17-11-7-6-8-12-17/h6-11,14-17,20-21,26-27H,12-13,18-19,22H2,1-5H3,(H,36,40)(H,38,39)(H2,34,35,37);6-8,11-12,15-16,19-20H,9-10,13-14H2,1-5H3,(H,29,33)(H,31,32)(H3,27,28,30)/t26?,27-;19?,20-/m00/s1. The molecule has 4 atom stereocenters. The van der Waals surface area contributed by atoms with Crippen molar-refractivity contribution in [2.75, 3.05) is 21.7 Å². The monoisotopic (exact) mass is 1020 g/mol. The van der Waals surface area contributed by atoms with Crippen LogP contribution in [0.25, 0.3) is 0 Å². The van der Waals surface area contributed by atoms with Gasteiger partial charge in [0.2, 0.25) is 0 Å². The van der Waals surface area contributed by atoms with Gasteiger partial charge in [-0.25, -0.2) is 19.6 Å². The smallest absolute Gasteiger partial charge is 0.407 e. The van der Waals surface area contributed by atoms with Gasteiger partial charge < -0.3 is 52.4 Å². The SMILES string of the molecule is CC(C)(C)OC(=O)N[C@H]1CCCCC1Nc1ccc(C(=O)NC(C)(C)c2ccccc2)c(N)n1.CC(C)(C)OC(=O)N[C@H]1CCCCC1Nc1ccc(C(=O)NC(C)(C)c2ccccc2)c(NCc2ccccc2)n1. The zero-order valence-corrected chi connectivity index (χ0v) is 45.6. The fourth-order valence-corrected chi connectivity index (χ4v) is 9.19. The van der Waals surface area contributed by atoms with Gasteiger partial charge in [0, 0.05) is 18.6 Å². The van der Waals surface area contributed by atoms with Gasteiger partial charge in [-0.05, 0) is 136 Å². The molecule has 5 aromatic rings. The van der Waals surface area contributed by atoms with Crippen LogP contribution in [-0.2, 0) is 27.1 Å². The Balaban J connectivity index is 0.000000248. The summed E-state index contributed by atoms with van der Waals surface area (Å²) in [5.74, 6) is 1.36. The maximum absolute atomic E-state index is 13.6. The second-order valence-electron chi connectivity index (χ2n) is 22.5. The van der Waals surface area contributed by atoms with Crippen molar-refractivity contribution in [2.24, 2.45) is 0 Å². The second kappa shape index (κ2) is 25.2. The maximum atomic E-state index is 13.6. The summed E-state index contributed by atoms with van der Waals surface area (Å²) in [7, 11) is 0. The average molecular weight is 1030 g/mol.